The van der Waals surface area contributed by atoms with Crippen molar-refractivity contribution in [1.29, 1.82) is 0 Å². The van der Waals surface area contributed by atoms with Gasteiger partial charge in [-0.05, 0) is 48.9 Å². The van der Waals surface area contributed by atoms with Crippen molar-refractivity contribution in [1.82, 2.24) is 25.2 Å². The van der Waals surface area contributed by atoms with Gasteiger partial charge in [0, 0.05) is 57.4 Å². The average molecular weight is 474 g/mol. The number of rotatable bonds is 11. The number of likely N-dealkylation sites (tertiary alicyclic amines) is 1. The maximum atomic E-state index is 13.1. The predicted molar refractivity (Wildman–Crippen MR) is 139 cm³/mol. The lowest BCUT2D eigenvalue weighted by atomic mass is 10.0. The summed E-state index contributed by atoms with van der Waals surface area (Å²) in [5, 5.41) is 9.77. The van der Waals surface area contributed by atoms with Crippen molar-refractivity contribution in [3.05, 3.63) is 77.7 Å². The van der Waals surface area contributed by atoms with Gasteiger partial charge in [-0.15, -0.1) is 0 Å². The van der Waals surface area contributed by atoms with Crippen molar-refractivity contribution >= 4 is 17.7 Å². The molecule has 1 aliphatic rings. The minimum Gasteiger partial charge on any atom is -0.369 e. The van der Waals surface area contributed by atoms with Gasteiger partial charge < -0.3 is 16.0 Å². The number of anilines is 2. The number of carbonyl (C=O) groups excluding carboxylic acids is 1. The maximum Gasteiger partial charge on any atom is 0.256 e. The lowest BCUT2D eigenvalue weighted by Gasteiger charge is -2.32. The van der Waals surface area contributed by atoms with E-state index in [1.807, 2.05) is 18.2 Å². The Bertz CT molecular complexity index is 1050. The number of carbonyl (C=O) groups is 1. The van der Waals surface area contributed by atoms with Gasteiger partial charge in [0.05, 0.1) is 0 Å². The number of nitrogens with one attached hydrogen (secondary N) is 3. The van der Waals surface area contributed by atoms with Crippen LogP contribution in [0.5, 0.6) is 0 Å². The molecule has 0 atom stereocenters. The summed E-state index contributed by atoms with van der Waals surface area (Å²) in [6.45, 7) is 6.42. The fourth-order valence-corrected chi connectivity index (χ4v) is 4.22. The van der Waals surface area contributed by atoms with Crippen LogP contribution in [-0.2, 0) is 13.0 Å². The molecule has 35 heavy (non-hydrogen) atoms. The first kappa shape index (κ1) is 24.6. The third-order valence-electron chi connectivity index (χ3n) is 6.19. The Morgan fingerprint density at radius 3 is 2.51 bits per heavy atom. The van der Waals surface area contributed by atoms with Gasteiger partial charge in [-0.25, -0.2) is 4.98 Å². The van der Waals surface area contributed by atoms with Crippen LogP contribution in [0.15, 0.2) is 61.1 Å². The molecule has 0 radical (unpaired) electrons. The molecule has 0 saturated carbocycles. The van der Waals surface area contributed by atoms with Crippen LogP contribution >= 0.6 is 0 Å². The molecule has 0 aliphatic carbocycles. The normalized spacial score (nSPS) is 14.4. The van der Waals surface area contributed by atoms with E-state index in [0.717, 1.165) is 51.9 Å². The van der Waals surface area contributed by atoms with Crippen LogP contribution in [0.2, 0.25) is 0 Å². The molecule has 8 nitrogen and oxygen atoms in total. The minimum atomic E-state index is -0.117. The highest BCUT2D eigenvalue weighted by atomic mass is 16.1. The van der Waals surface area contributed by atoms with Crippen molar-refractivity contribution in [3.63, 3.8) is 0 Å². The second kappa shape index (κ2) is 12.8. The lowest BCUT2D eigenvalue weighted by Crippen LogP contribution is -2.44. The van der Waals surface area contributed by atoms with Crippen LogP contribution < -0.4 is 16.0 Å². The van der Waals surface area contributed by atoms with Crippen LogP contribution in [0, 0.1) is 0 Å². The van der Waals surface area contributed by atoms with Crippen molar-refractivity contribution < 1.29 is 4.79 Å². The highest BCUT2D eigenvalue weighted by Crippen LogP contribution is 2.18. The quantitative estimate of drug-likeness (QED) is 0.390. The Morgan fingerprint density at radius 2 is 1.77 bits per heavy atom. The Kier molecular flexibility index (Phi) is 9.00. The van der Waals surface area contributed by atoms with E-state index >= 15 is 0 Å². The topological polar surface area (TPSA) is 95.1 Å². The summed E-state index contributed by atoms with van der Waals surface area (Å²) in [5.41, 5.74) is 3.01. The Morgan fingerprint density at radius 1 is 1.00 bits per heavy atom. The number of piperidine rings is 1. The molecule has 0 spiro atoms. The van der Waals surface area contributed by atoms with E-state index in [2.05, 4.69) is 67.0 Å². The molecule has 0 bridgehead atoms. The van der Waals surface area contributed by atoms with Gasteiger partial charge in [-0.2, -0.15) is 4.98 Å². The molecule has 1 saturated heterocycles. The molecule has 3 N–H and O–H groups in total. The van der Waals surface area contributed by atoms with E-state index in [1.165, 1.54) is 11.1 Å². The largest absolute Gasteiger partial charge is 0.369 e. The smallest absolute Gasteiger partial charge is 0.256 e. The van der Waals surface area contributed by atoms with Crippen LogP contribution in [0.3, 0.4) is 0 Å². The Labute approximate surface area is 207 Å². The number of hydrogen-bond donors (Lipinski definition) is 3. The summed E-state index contributed by atoms with van der Waals surface area (Å²) in [6.07, 6.45) is 8.86. The van der Waals surface area contributed by atoms with Crippen LogP contribution in [0.1, 0.15) is 47.7 Å². The molecule has 0 unspecified atom stereocenters. The summed E-state index contributed by atoms with van der Waals surface area (Å²) in [4.78, 5) is 28.6. The summed E-state index contributed by atoms with van der Waals surface area (Å²) in [7, 11) is 0. The first-order valence-electron chi connectivity index (χ1n) is 12.5. The van der Waals surface area contributed by atoms with E-state index in [1.54, 1.807) is 18.6 Å². The van der Waals surface area contributed by atoms with Crippen molar-refractivity contribution in [2.24, 2.45) is 0 Å². The van der Waals surface area contributed by atoms with Gasteiger partial charge in [0.2, 0.25) is 5.95 Å². The number of hydrogen-bond acceptors (Lipinski definition) is 7. The first-order chi connectivity index (χ1) is 17.2. The van der Waals surface area contributed by atoms with Gasteiger partial charge in [0.15, 0.2) is 0 Å². The summed E-state index contributed by atoms with van der Waals surface area (Å²) < 4.78 is 0. The molecule has 2 aromatic heterocycles. The number of amides is 1. The second-order valence-corrected chi connectivity index (χ2v) is 8.92. The molecule has 1 aliphatic heterocycles. The number of nitrogens with zero attached hydrogens (tertiary/aromatic N) is 4. The van der Waals surface area contributed by atoms with Crippen molar-refractivity contribution in [2.75, 3.05) is 36.8 Å². The lowest BCUT2D eigenvalue weighted by molar-refractivity contribution is 0.0909. The highest BCUT2D eigenvalue weighted by Gasteiger charge is 2.23. The fraction of sp³-hybridized carbons (Fsp3) is 0.407. The standard InChI is InChI=1S/C27H35N7O/c1-2-13-29-25-24(19-31-27(33-25)30-16-10-21-8-14-28-15-9-21)26(35)32-23-11-17-34(18-12-23)20-22-6-4-3-5-7-22/h3-9,14-15,19,23H,2,10-13,16-18,20H2,1H3,(H,32,35)(H2,29,30,31,33). The third-order valence-corrected chi connectivity index (χ3v) is 6.19. The molecule has 8 heteroatoms. The summed E-state index contributed by atoms with van der Waals surface area (Å²) in [6, 6.07) is 14.7. The van der Waals surface area contributed by atoms with E-state index in [0.29, 0.717) is 23.9 Å². The highest BCUT2D eigenvalue weighted by molar-refractivity contribution is 5.98. The van der Waals surface area contributed by atoms with Gasteiger partial charge >= 0.3 is 0 Å². The molecular formula is C27H35N7O. The number of pyridine rings is 1. The predicted octanol–water partition coefficient (Wildman–Crippen LogP) is 3.74. The summed E-state index contributed by atoms with van der Waals surface area (Å²) >= 11 is 0. The van der Waals surface area contributed by atoms with Gasteiger partial charge in [0.25, 0.3) is 5.91 Å². The first-order valence-corrected chi connectivity index (χ1v) is 12.5. The SMILES string of the molecule is CCCNc1nc(NCCc2ccncc2)ncc1C(=O)NC1CCN(Cc2ccccc2)CC1. The average Bonchev–Trinajstić information content (AvgIpc) is 2.90. The van der Waals surface area contributed by atoms with E-state index in [4.69, 9.17) is 0 Å². The molecule has 4 rings (SSSR count). The molecule has 3 heterocycles. The number of aromatic nitrogens is 3. The van der Waals surface area contributed by atoms with Crippen LogP contribution in [0.4, 0.5) is 11.8 Å². The molecule has 184 valence electrons. The van der Waals surface area contributed by atoms with E-state index < -0.39 is 0 Å². The minimum absolute atomic E-state index is 0.117. The zero-order valence-corrected chi connectivity index (χ0v) is 20.4. The molecule has 1 aromatic carbocycles. The van der Waals surface area contributed by atoms with Crippen LogP contribution in [0.25, 0.3) is 0 Å². The summed E-state index contributed by atoms with van der Waals surface area (Å²) in [5.74, 6) is 0.976. The molecule has 3 aromatic rings. The Hall–Kier alpha value is -3.52. The van der Waals surface area contributed by atoms with E-state index in [-0.39, 0.29) is 11.9 Å². The van der Waals surface area contributed by atoms with Crippen molar-refractivity contribution in [2.45, 2.75) is 45.2 Å². The van der Waals surface area contributed by atoms with Crippen molar-refractivity contribution in [3.8, 4) is 0 Å². The second-order valence-electron chi connectivity index (χ2n) is 8.92. The van der Waals surface area contributed by atoms with Gasteiger partial charge in [0.1, 0.15) is 11.4 Å². The fourth-order valence-electron chi connectivity index (χ4n) is 4.22. The molecule has 1 fully saturated rings. The molecule has 1 amide bonds. The Balaban J connectivity index is 1.31. The van der Waals surface area contributed by atoms with Gasteiger partial charge in [-0.1, -0.05) is 37.3 Å². The number of benzene rings is 1. The maximum absolute atomic E-state index is 13.1. The molecular weight excluding hydrogens is 438 g/mol. The van der Waals surface area contributed by atoms with E-state index in [9.17, 15) is 4.79 Å². The zero-order chi connectivity index (χ0) is 24.3. The zero-order valence-electron chi connectivity index (χ0n) is 20.4. The van der Waals surface area contributed by atoms with Gasteiger partial charge in [-0.3, -0.25) is 14.7 Å². The third kappa shape index (κ3) is 7.48. The monoisotopic (exact) mass is 473 g/mol. The van der Waals surface area contributed by atoms with Crippen LogP contribution in [-0.4, -0.2) is 58.0 Å².